The van der Waals surface area contributed by atoms with Crippen molar-refractivity contribution in [1.29, 1.82) is 0 Å². The Kier molecular flexibility index (Phi) is 4.14. The van der Waals surface area contributed by atoms with E-state index in [0.29, 0.717) is 6.54 Å². The molecule has 2 atom stereocenters. The number of hydrogen-bond donors (Lipinski definition) is 1. The van der Waals surface area contributed by atoms with E-state index in [-0.39, 0.29) is 24.1 Å². The van der Waals surface area contributed by atoms with E-state index in [9.17, 15) is 13.5 Å². The molecule has 1 heterocycles. The fourth-order valence-corrected chi connectivity index (χ4v) is 3.62. The summed E-state index contributed by atoms with van der Waals surface area (Å²) < 4.78 is 25.2. The van der Waals surface area contributed by atoms with Gasteiger partial charge < -0.3 is 5.11 Å². The van der Waals surface area contributed by atoms with Crippen molar-refractivity contribution in [2.24, 2.45) is 11.8 Å². The van der Waals surface area contributed by atoms with Gasteiger partial charge in [-0.1, -0.05) is 20.8 Å². The van der Waals surface area contributed by atoms with Crippen LogP contribution in [0.4, 0.5) is 0 Å². The Morgan fingerprint density at radius 3 is 2.53 bits per heavy atom. The van der Waals surface area contributed by atoms with E-state index in [2.05, 4.69) is 0 Å². The normalized spacial score (nSPS) is 29.7. The second-order valence-electron chi connectivity index (χ2n) is 4.86. The van der Waals surface area contributed by atoms with Gasteiger partial charge in [0.25, 0.3) is 0 Å². The minimum atomic E-state index is -3.17. The topological polar surface area (TPSA) is 57.6 Å². The molecule has 5 heteroatoms. The molecule has 1 aliphatic heterocycles. The van der Waals surface area contributed by atoms with E-state index in [1.165, 1.54) is 4.31 Å². The van der Waals surface area contributed by atoms with Crippen molar-refractivity contribution in [3.8, 4) is 0 Å². The first-order chi connectivity index (χ1) is 6.83. The van der Waals surface area contributed by atoms with Crippen molar-refractivity contribution in [3.63, 3.8) is 0 Å². The van der Waals surface area contributed by atoms with E-state index in [1.54, 1.807) is 0 Å². The molecule has 1 aliphatic rings. The van der Waals surface area contributed by atoms with E-state index in [0.717, 1.165) is 6.42 Å². The van der Waals surface area contributed by atoms with Crippen LogP contribution in [0.1, 0.15) is 27.2 Å². The predicted octanol–water partition coefficient (Wildman–Crippen LogP) is 0.675. The van der Waals surface area contributed by atoms with Crippen LogP contribution < -0.4 is 0 Å². The average molecular weight is 235 g/mol. The highest BCUT2D eigenvalue weighted by molar-refractivity contribution is 7.89. The minimum Gasteiger partial charge on any atom is -0.391 e. The number of piperidine rings is 1. The van der Waals surface area contributed by atoms with Crippen LogP contribution in [-0.2, 0) is 10.0 Å². The second kappa shape index (κ2) is 4.80. The lowest BCUT2D eigenvalue weighted by atomic mass is 9.98. The molecule has 90 valence electrons. The quantitative estimate of drug-likeness (QED) is 0.782. The average Bonchev–Trinajstić information content (AvgIpc) is 2.07. The summed E-state index contributed by atoms with van der Waals surface area (Å²) in [6.07, 6.45) is 0.235. The number of rotatable bonds is 3. The van der Waals surface area contributed by atoms with Crippen molar-refractivity contribution in [1.82, 2.24) is 4.31 Å². The van der Waals surface area contributed by atoms with Gasteiger partial charge in [-0.2, -0.15) is 4.31 Å². The van der Waals surface area contributed by atoms with Crippen LogP contribution in [0, 0.1) is 11.8 Å². The van der Waals surface area contributed by atoms with Crippen molar-refractivity contribution in [2.45, 2.75) is 33.3 Å². The van der Waals surface area contributed by atoms with Crippen LogP contribution in [0.15, 0.2) is 0 Å². The highest BCUT2D eigenvalue weighted by Crippen LogP contribution is 2.20. The van der Waals surface area contributed by atoms with Crippen LogP contribution in [0.2, 0.25) is 0 Å². The maximum atomic E-state index is 11.9. The number of sulfonamides is 1. The Balaban J connectivity index is 2.65. The molecule has 4 nitrogen and oxygen atoms in total. The molecule has 15 heavy (non-hydrogen) atoms. The standard InChI is InChI=1S/C10H21NO3S/c1-8(2)7-15(13,14)11-5-4-9(3)10(12)6-11/h8-10,12H,4-7H2,1-3H3. The zero-order chi connectivity index (χ0) is 11.6. The van der Waals surface area contributed by atoms with E-state index in [1.807, 2.05) is 20.8 Å². The van der Waals surface area contributed by atoms with Crippen molar-refractivity contribution < 1.29 is 13.5 Å². The molecule has 0 amide bonds. The molecular weight excluding hydrogens is 214 g/mol. The van der Waals surface area contributed by atoms with E-state index >= 15 is 0 Å². The number of nitrogens with zero attached hydrogens (tertiary/aromatic N) is 1. The van der Waals surface area contributed by atoms with Gasteiger partial charge in [-0.05, 0) is 18.3 Å². The lowest BCUT2D eigenvalue weighted by Gasteiger charge is -2.33. The van der Waals surface area contributed by atoms with Gasteiger partial charge in [0.1, 0.15) is 0 Å². The smallest absolute Gasteiger partial charge is 0.214 e. The summed E-state index contributed by atoms with van der Waals surface area (Å²) >= 11 is 0. The van der Waals surface area contributed by atoms with E-state index < -0.39 is 16.1 Å². The Labute approximate surface area is 92.3 Å². The van der Waals surface area contributed by atoms with Crippen molar-refractivity contribution in [2.75, 3.05) is 18.8 Å². The molecule has 0 saturated carbocycles. The number of aliphatic hydroxyl groups excluding tert-OH is 1. The van der Waals surface area contributed by atoms with Crippen LogP contribution in [-0.4, -0.2) is 42.8 Å². The lowest BCUT2D eigenvalue weighted by molar-refractivity contribution is 0.0604. The molecule has 0 aliphatic carbocycles. The van der Waals surface area contributed by atoms with Crippen LogP contribution in [0.5, 0.6) is 0 Å². The zero-order valence-electron chi connectivity index (χ0n) is 9.68. The summed E-state index contributed by atoms with van der Waals surface area (Å²) in [6, 6.07) is 0. The zero-order valence-corrected chi connectivity index (χ0v) is 10.5. The molecule has 1 rings (SSSR count). The van der Waals surface area contributed by atoms with Crippen LogP contribution >= 0.6 is 0 Å². The largest absolute Gasteiger partial charge is 0.391 e. The van der Waals surface area contributed by atoms with Gasteiger partial charge in [0.2, 0.25) is 10.0 Å². The molecule has 0 spiro atoms. The molecular formula is C10H21NO3S. The summed E-state index contributed by atoms with van der Waals surface area (Å²) in [7, 11) is -3.17. The van der Waals surface area contributed by atoms with Crippen molar-refractivity contribution in [3.05, 3.63) is 0 Å². The minimum absolute atomic E-state index is 0.131. The van der Waals surface area contributed by atoms with Gasteiger partial charge in [-0.25, -0.2) is 8.42 Å². The van der Waals surface area contributed by atoms with Crippen molar-refractivity contribution >= 4 is 10.0 Å². The first-order valence-corrected chi connectivity index (χ1v) is 7.09. The number of β-amino-alcohol motifs (C(OH)–C–C–N with tert-alkyl or cyclic N) is 1. The third-order valence-electron chi connectivity index (χ3n) is 2.82. The predicted molar refractivity (Wildman–Crippen MR) is 60.0 cm³/mol. The van der Waals surface area contributed by atoms with Gasteiger partial charge in [0.15, 0.2) is 0 Å². The maximum absolute atomic E-state index is 11.9. The summed E-state index contributed by atoms with van der Waals surface area (Å²) in [6.45, 7) is 6.54. The van der Waals surface area contributed by atoms with Gasteiger partial charge in [-0.15, -0.1) is 0 Å². The molecule has 2 unspecified atom stereocenters. The molecule has 1 fully saturated rings. The Morgan fingerprint density at radius 1 is 1.47 bits per heavy atom. The Hall–Kier alpha value is -0.130. The van der Waals surface area contributed by atoms with Gasteiger partial charge >= 0.3 is 0 Å². The first kappa shape index (κ1) is 12.9. The Morgan fingerprint density at radius 2 is 2.07 bits per heavy atom. The molecule has 1 saturated heterocycles. The van der Waals surface area contributed by atoms with Gasteiger partial charge in [0.05, 0.1) is 11.9 Å². The summed E-state index contributed by atoms with van der Waals surface area (Å²) in [5.74, 6) is 0.510. The second-order valence-corrected chi connectivity index (χ2v) is 6.88. The van der Waals surface area contributed by atoms with E-state index in [4.69, 9.17) is 0 Å². The highest BCUT2D eigenvalue weighted by atomic mass is 32.2. The third-order valence-corrected chi connectivity index (χ3v) is 5.03. The number of hydrogen-bond acceptors (Lipinski definition) is 3. The molecule has 0 aromatic carbocycles. The highest BCUT2D eigenvalue weighted by Gasteiger charge is 2.31. The first-order valence-electron chi connectivity index (χ1n) is 5.49. The summed E-state index contributed by atoms with van der Waals surface area (Å²) in [5, 5.41) is 9.64. The molecule has 0 aromatic heterocycles. The maximum Gasteiger partial charge on any atom is 0.214 e. The molecule has 0 aromatic rings. The SMILES string of the molecule is CC(C)CS(=O)(=O)N1CCC(C)C(O)C1. The molecule has 0 bridgehead atoms. The fourth-order valence-electron chi connectivity index (χ4n) is 1.80. The van der Waals surface area contributed by atoms with Crippen LogP contribution in [0.3, 0.4) is 0 Å². The Bertz CT molecular complexity index is 300. The fraction of sp³-hybridized carbons (Fsp3) is 1.00. The molecule has 1 N–H and O–H groups in total. The summed E-state index contributed by atoms with van der Waals surface area (Å²) in [4.78, 5) is 0. The summed E-state index contributed by atoms with van der Waals surface area (Å²) in [5.41, 5.74) is 0. The third kappa shape index (κ3) is 3.43. The van der Waals surface area contributed by atoms with Gasteiger partial charge in [0, 0.05) is 13.1 Å². The number of aliphatic hydroxyl groups is 1. The molecule has 0 radical (unpaired) electrons. The lowest BCUT2D eigenvalue weighted by Crippen LogP contribution is -2.47. The van der Waals surface area contributed by atoms with Crippen LogP contribution in [0.25, 0.3) is 0 Å². The monoisotopic (exact) mass is 235 g/mol. The van der Waals surface area contributed by atoms with Gasteiger partial charge in [-0.3, -0.25) is 0 Å².